The number of halogens is 3. The van der Waals surface area contributed by atoms with Crippen molar-refractivity contribution < 1.29 is 22.8 Å². The van der Waals surface area contributed by atoms with E-state index >= 15 is 0 Å². The average Bonchev–Trinajstić information content (AvgIpc) is 3.19. The van der Waals surface area contributed by atoms with Crippen LogP contribution in [0.2, 0.25) is 0 Å². The van der Waals surface area contributed by atoms with Crippen LogP contribution in [0.5, 0.6) is 0 Å². The molecule has 53 heavy (non-hydrogen) atoms. The van der Waals surface area contributed by atoms with Crippen LogP contribution in [0.15, 0.2) is 115 Å². The van der Waals surface area contributed by atoms with Crippen molar-refractivity contribution in [2.24, 2.45) is 0 Å². The molecule has 0 saturated carbocycles. The molecule has 6 rings (SSSR count). The number of carbonyl (C=O) groups is 2. The fourth-order valence-corrected chi connectivity index (χ4v) is 7.07. The second kappa shape index (κ2) is 17.7. The highest BCUT2D eigenvalue weighted by Crippen LogP contribution is 2.29. The summed E-state index contributed by atoms with van der Waals surface area (Å²) in [6.07, 6.45) is -1.25. The average molecular weight is 724 g/mol. The van der Waals surface area contributed by atoms with Gasteiger partial charge in [0.05, 0.1) is 5.56 Å². The van der Waals surface area contributed by atoms with Gasteiger partial charge >= 0.3 is 6.18 Å². The molecule has 4 aromatic rings. The van der Waals surface area contributed by atoms with Crippen LogP contribution in [0.4, 0.5) is 18.9 Å². The Morgan fingerprint density at radius 1 is 0.698 bits per heavy atom. The summed E-state index contributed by atoms with van der Waals surface area (Å²) < 4.78 is 39.6. The maximum absolute atomic E-state index is 14.6. The smallest absolute Gasteiger partial charge is 0.369 e. The summed E-state index contributed by atoms with van der Waals surface area (Å²) in [5.41, 5.74) is 3.86. The highest BCUT2D eigenvalue weighted by molar-refractivity contribution is 5.95. The first-order valence-corrected chi connectivity index (χ1v) is 18.5. The van der Waals surface area contributed by atoms with E-state index in [9.17, 15) is 22.8 Å². The van der Waals surface area contributed by atoms with E-state index in [1.54, 1.807) is 4.90 Å². The van der Waals surface area contributed by atoms with Gasteiger partial charge in [0.2, 0.25) is 11.8 Å². The largest absolute Gasteiger partial charge is 0.416 e. The molecule has 0 bridgehead atoms. The predicted octanol–water partition coefficient (Wildman–Crippen LogP) is 6.85. The maximum atomic E-state index is 14.6. The Bertz CT molecular complexity index is 1780. The Balaban J connectivity index is 1.25. The molecule has 2 aliphatic rings. The van der Waals surface area contributed by atoms with Crippen molar-refractivity contribution in [3.05, 3.63) is 143 Å². The number of alkyl halides is 3. The van der Waals surface area contributed by atoms with E-state index in [0.717, 1.165) is 68.2 Å². The number of piperazine rings is 2. The third kappa shape index (κ3) is 10.4. The molecule has 2 fully saturated rings. The molecule has 2 heterocycles. The number of amides is 2. The molecule has 0 radical (unpaired) electrons. The number of hydrogen-bond donors (Lipinski definition) is 0. The summed E-state index contributed by atoms with van der Waals surface area (Å²) in [4.78, 5) is 39.5. The van der Waals surface area contributed by atoms with Crippen molar-refractivity contribution in [3.63, 3.8) is 0 Å². The zero-order chi connectivity index (χ0) is 37.2. The quantitative estimate of drug-likeness (QED) is 0.150. The van der Waals surface area contributed by atoms with Crippen molar-refractivity contribution in [1.82, 2.24) is 19.6 Å². The monoisotopic (exact) mass is 723 g/mol. The van der Waals surface area contributed by atoms with Crippen LogP contribution in [0.3, 0.4) is 0 Å². The van der Waals surface area contributed by atoms with Gasteiger partial charge in [-0.3, -0.25) is 14.5 Å². The lowest BCUT2D eigenvalue weighted by atomic mass is 10.0. The van der Waals surface area contributed by atoms with Crippen LogP contribution in [0, 0.1) is 0 Å². The second-order valence-electron chi connectivity index (χ2n) is 13.8. The van der Waals surface area contributed by atoms with Crippen LogP contribution in [0.25, 0.3) is 6.08 Å². The number of benzene rings is 4. The Labute approximate surface area is 310 Å². The first-order valence-electron chi connectivity index (χ1n) is 18.5. The van der Waals surface area contributed by atoms with Crippen LogP contribution < -0.4 is 4.90 Å². The lowest BCUT2D eigenvalue weighted by molar-refractivity contribution is -0.145. The fraction of sp³-hybridized carbons (Fsp3) is 0.349. The number of nitrogens with zero attached hydrogens (tertiary/aromatic N) is 5. The molecule has 4 aromatic carbocycles. The summed E-state index contributed by atoms with van der Waals surface area (Å²) in [6, 6.07) is 32.1. The number of anilines is 1. The molecule has 0 aliphatic carbocycles. The van der Waals surface area contributed by atoms with Gasteiger partial charge in [-0.2, -0.15) is 13.2 Å². The molecule has 0 N–H and O–H groups in total. The minimum absolute atomic E-state index is 0.116. The first kappa shape index (κ1) is 37.8. The molecular weight excluding hydrogens is 675 g/mol. The van der Waals surface area contributed by atoms with Gasteiger partial charge in [-0.1, -0.05) is 91.9 Å². The lowest BCUT2D eigenvalue weighted by Crippen LogP contribution is -2.56. The summed E-state index contributed by atoms with van der Waals surface area (Å²) in [6.45, 7) is 10.6. The van der Waals surface area contributed by atoms with Crippen molar-refractivity contribution in [2.45, 2.75) is 38.7 Å². The molecule has 0 aromatic heterocycles. The maximum Gasteiger partial charge on any atom is 0.416 e. The van der Waals surface area contributed by atoms with Gasteiger partial charge in [0.1, 0.15) is 6.04 Å². The van der Waals surface area contributed by atoms with Crippen molar-refractivity contribution in [1.29, 1.82) is 0 Å². The van der Waals surface area contributed by atoms with E-state index in [1.807, 2.05) is 65.6 Å². The van der Waals surface area contributed by atoms with Crippen LogP contribution >= 0.6 is 0 Å². The van der Waals surface area contributed by atoms with E-state index in [4.69, 9.17) is 0 Å². The molecule has 1 atom stereocenters. The zero-order valence-corrected chi connectivity index (χ0v) is 30.3. The topological polar surface area (TPSA) is 50.3 Å². The number of carbonyl (C=O) groups excluding carboxylic acids is 2. The molecule has 0 unspecified atom stereocenters. The normalized spacial score (nSPS) is 16.5. The second-order valence-corrected chi connectivity index (χ2v) is 13.8. The number of hydrogen-bond acceptors (Lipinski definition) is 5. The number of rotatable bonds is 12. The highest BCUT2D eigenvalue weighted by atomic mass is 19.4. The molecular formula is C43H48F3N5O2. The van der Waals surface area contributed by atoms with Gasteiger partial charge in [0.25, 0.3) is 0 Å². The highest BCUT2D eigenvalue weighted by Gasteiger charge is 2.34. The summed E-state index contributed by atoms with van der Waals surface area (Å²) in [5.74, 6) is -0.503. The molecule has 7 nitrogen and oxygen atoms in total. The Morgan fingerprint density at radius 2 is 1.28 bits per heavy atom. The molecule has 278 valence electrons. The van der Waals surface area contributed by atoms with Gasteiger partial charge < -0.3 is 19.6 Å². The van der Waals surface area contributed by atoms with Crippen molar-refractivity contribution >= 4 is 23.6 Å². The molecule has 10 heteroatoms. The summed E-state index contributed by atoms with van der Waals surface area (Å²) >= 11 is 0. The van der Waals surface area contributed by atoms with E-state index in [0.29, 0.717) is 38.2 Å². The van der Waals surface area contributed by atoms with Crippen molar-refractivity contribution in [3.8, 4) is 0 Å². The van der Waals surface area contributed by atoms with E-state index in [-0.39, 0.29) is 18.4 Å². The fourth-order valence-electron chi connectivity index (χ4n) is 7.07. The summed E-state index contributed by atoms with van der Waals surface area (Å²) in [7, 11) is 0. The molecule has 2 aliphatic heterocycles. The standard InChI is InChI=1S/C43H48F3N5O2/c1-2-47-23-27-49(28-24-47)39-20-15-37(16-21-39)33-51(41(52)22-17-34-13-18-38(19-14-34)43(44,45)46)40(31-35-9-5-3-6-10-35)42(53)50-29-25-48(26-30-50)32-36-11-7-4-8-12-36/h3-22,40H,2,23-33H2,1H3/t40-/m0/s1. The first-order chi connectivity index (χ1) is 25.7. The molecule has 2 saturated heterocycles. The van der Waals surface area contributed by atoms with Crippen LogP contribution in [0.1, 0.15) is 34.7 Å². The SMILES string of the molecule is CCN1CCN(c2ccc(CN(C(=O)C=Cc3ccc(C(F)(F)F)cc3)[C@@H](Cc3ccccc3)C(=O)N3CCN(Cc4ccccc4)CC3)cc2)CC1. The summed E-state index contributed by atoms with van der Waals surface area (Å²) in [5, 5.41) is 0. The third-order valence-electron chi connectivity index (χ3n) is 10.3. The van der Waals surface area contributed by atoms with Gasteiger partial charge in [-0.25, -0.2) is 0 Å². The minimum Gasteiger partial charge on any atom is -0.369 e. The van der Waals surface area contributed by atoms with Gasteiger partial charge in [-0.15, -0.1) is 0 Å². The van der Waals surface area contributed by atoms with Gasteiger partial charge in [0.15, 0.2) is 0 Å². The van der Waals surface area contributed by atoms with Gasteiger partial charge in [-0.05, 0) is 59.1 Å². The van der Waals surface area contributed by atoms with E-state index < -0.39 is 17.8 Å². The van der Waals surface area contributed by atoms with E-state index in [1.165, 1.54) is 29.8 Å². The molecule has 0 spiro atoms. The van der Waals surface area contributed by atoms with Crippen LogP contribution in [-0.2, 0) is 35.3 Å². The Hall–Kier alpha value is -4.93. The van der Waals surface area contributed by atoms with Gasteiger partial charge in [0, 0.05) is 83.6 Å². The molecule has 2 amide bonds. The lowest BCUT2D eigenvalue weighted by Gasteiger charge is -2.39. The van der Waals surface area contributed by atoms with Crippen molar-refractivity contribution in [2.75, 3.05) is 63.8 Å². The Kier molecular flexibility index (Phi) is 12.6. The van der Waals surface area contributed by atoms with Crippen LogP contribution in [-0.4, -0.2) is 96.4 Å². The Morgan fingerprint density at radius 3 is 1.87 bits per heavy atom. The minimum atomic E-state index is -4.45. The predicted molar refractivity (Wildman–Crippen MR) is 204 cm³/mol. The zero-order valence-electron chi connectivity index (χ0n) is 30.3. The number of likely N-dealkylation sites (N-methyl/N-ethyl adjacent to an activating group) is 1. The third-order valence-corrected chi connectivity index (χ3v) is 10.3. The van der Waals surface area contributed by atoms with E-state index in [2.05, 4.69) is 45.9 Å².